The van der Waals surface area contributed by atoms with Gasteiger partial charge in [0.2, 0.25) is 5.75 Å². The van der Waals surface area contributed by atoms with Crippen LogP contribution in [-0.4, -0.2) is 15.2 Å². The lowest BCUT2D eigenvalue weighted by atomic mass is 10.1. The fourth-order valence-electron chi connectivity index (χ4n) is 1.11. The number of nitrogens with one attached hydrogen (secondary N) is 1. The number of rotatable bonds is 2. The van der Waals surface area contributed by atoms with Gasteiger partial charge in [0.1, 0.15) is 0 Å². The van der Waals surface area contributed by atoms with E-state index in [9.17, 15) is 15.2 Å². The highest BCUT2D eigenvalue weighted by atomic mass is 16.6. The molecule has 0 heterocycles. The number of nitro groups is 1. The van der Waals surface area contributed by atoms with Crippen molar-refractivity contribution in [3.63, 3.8) is 0 Å². The van der Waals surface area contributed by atoms with Crippen LogP contribution in [0.4, 0.5) is 17.1 Å². The standard InChI is InChI=1S/C7H9N3O4/c1-3-5(9-12)2-4(8)7(11)6(3)10(13)14/h2,9,11-12H,8H2,1H3. The van der Waals surface area contributed by atoms with Gasteiger partial charge >= 0.3 is 5.69 Å². The lowest BCUT2D eigenvalue weighted by Crippen LogP contribution is -2.01. The molecule has 0 aliphatic heterocycles. The number of nitrogens with two attached hydrogens (primary N) is 1. The van der Waals surface area contributed by atoms with E-state index in [0.29, 0.717) is 0 Å². The van der Waals surface area contributed by atoms with Crippen LogP contribution >= 0.6 is 0 Å². The Morgan fingerprint density at radius 2 is 2.21 bits per heavy atom. The average molecular weight is 199 g/mol. The summed E-state index contributed by atoms with van der Waals surface area (Å²) in [4.78, 5) is 9.78. The van der Waals surface area contributed by atoms with Crippen molar-refractivity contribution >= 4 is 17.1 Å². The normalized spacial score (nSPS) is 9.86. The summed E-state index contributed by atoms with van der Waals surface area (Å²) in [6, 6.07) is 1.21. The number of anilines is 2. The van der Waals surface area contributed by atoms with E-state index in [1.54, 1.807) is 5.48 Å². The van der Waals surface area contributed by atoms with Gasteiger partial charge in [-0.2, -0.15) is 0 Å². The van der Waals surface area contributed by atoms with Crippen LogP contribution in [0, 0.1) is 17.0 Å². The molecule has 1 aromatic carbocycles. The molecule has 1 rings (SSSR count). The highest BCUT2D eigenvalue weighted by Gasteiger charge is 2.22. The number of nitro benzene ring substituents is 1. The van der Waals surface area contributed by atoms with E-state index in [1.807, 2.05) is 0 Å². The van der Waals surface area contributed by atoms with Crippen LogP contribution in [0.3, 0.4) is 0 Å². The van der Waals surface area contributed by atoms with Crippen molar-refractivity contribution in [2.45, 2.75) is 6.92 Å². The van der Waals surface area contributed by atoms with Gasteiger partial charge in [0.15, 0.2) is 0 Å². The van der Waals surface area contributed by atoms with Crippen LogP contribution in [0.15, 0.2) is 6.07 Å². The topological polar surface area (TPSA) is 122 Å². The molecule has 0 aromatic heterocycles. The average Bonchev–Trinajstić information content (AvgIpc) is 2.11. The first kappa shape index (κ1) is 10.1. The fourth-order valence-corrected chi connectivity index (χ4v) is 1.11. The van der Waals surface area contributed by atoms with Crippen molar-refractivity contribution in [2.75, 3.05) is 11.2 Å². The number of hydrogen-bond donors (Lipinski definition) is 4. The third-order valence-corrected chi connectivity index (χ3v) is 1.86. The summed E-state index contributed by atoms with van der Waals surface area (Å²) in [5, 5.41) is 28.5. The molecule has 5 N–H and O–H groups in total. The van der Waals surface area contributed by atoms with Crippen molar-refractivity contribution in [3.05, 3.63) is 21.7 Å². The molecule has 0 fully saturated rings. The molecule has 1 aromatic rings. The van der Waals surface area contributed by atoms with Crippen LogP contribution in [0.5, 0.6) is 5.75 Å². The summed E-state index contributed by atoms with van der Waals surface area (Å²) < 4.78 is 0. The lowest BCUT2D eigenvalue weighted by Gasteiger charge is -2.07. The smallest absolute Gasteiger partial charge is 0.317 e. The van der Waals surface area contributed by atoms with E-state index in [2.05, 4.69) is 0 Å². The molecule has 0 atom stereocenters. The summed E-state index contributed by atoms with van der Waals surface area (Å²) in [5.41, 5.74) is 6.59. The SMILES string of the molecule is Cc1c(NO)cc(N)c(O)c1[N+](=O)[O-]. The molecule has 7 heteroatoms. The van der Waals surface area contributed by atoms with Gasteiger partial charge in [-0.15, -0.1) is 0 Å². The van der Waals surface area contributed by atoms with Crippen LogP contribution < -0.4 is 11.2 Å². The molecule has 0 radical (unpaired) electrons. The molecule has 0 saturated carbocycles. The second-order valence-electron chi connectivity index (χ2n) is 2.70. The molecule has 0 aliphatic carbocycles. The first-order valence-electron chi connectivity index (χ1n) is 3.65. The Labute approximate surface area is 78.9 Å². The Morgan fingerprint density at radius 1 is 1.64 bits per heavy atom. The zero-order valence-electron chi connectivity index (χ0n) is 7.31. The van der Waals surface area contributed by atoms with Crippen LogP contribution in [0.25, 0.3) is 0 Å². The van der Waals surface area contributed by atoms with Crippen molar-refractivity contribution in [3.8, 4) is 5.75 Å². The minimum absolute atomic E-state index is 0.0898. The number of benzene rings is 1. The maximum absolute atomic E-state index is 10.5. The maximum atomic E-state index is 10.5. The molecule has 0 unspecified atom stereocenters. The van der Waals surface area contributed by atoms with Crippen molar-refractivity contribution in [1.29, 1.82) is 0 Å². The summed E-state index contributed by atoms with van der Waals surface area (Å²) in [6.45, 7) is 1.38. The highest BCUT2D eigenvalue weighted by Crippen LogP contribution is 2.39. The third-order valence-electron chi connectivity index (χ3n) is 1.86. The summed E-state index contributed by atoms with van der Waals surface area (Å²) in [5.74, 6) is -0.591. The van der Waals surface area contributed by atoms with Gasteiger partial charge < -0.3 is 10.8 Å². The van der Waals surface area contributed by atoms with Crippen molar-refractivity contribution in [1.82, 2.24) is 0 Å². The van der Waals surface area contributed by atoms with Gasteiger partial charge in [0.25, 0.3) is 0 Å². The number of phenolic OH excluding ortho intramolecular Hbond substituents is 1. The Balaban J connectivity index is 3.53. The summed E-state index contributed by atoms with van der Waals surface area (Å²) >= 11 is 0. The van der Waals surface area contributed by atoms with E-state index >= 15 is 0 Å². The number of aromatic hydroxyl groups is 1. The van der Waals surface area contributed by atoms with Gasteiger partial charge in [-0.05, 0) is 13.0 Å². The molecule has 76 valence electrons. The maximum Gasteiger partial charge on any atom is 0.317 e. The van der Waals surface area contributed by atoms with Gasteiger partial charge in [0.05, 0.1) is 21.9 Å². The Kier molecular flexibility index (Phi) is 2.43. The zero-order chi connectivity index (χ0) is 10.9. The second kappa shape index (κ2) is 3.38. The Hall–Kier alpha value is -2.02. The predicted octanol–water partition coefficient (Wildman–Crippen LogP) is 0.992. The first-order valence-corrected chi connectivity index (χ1v) is 3.65. The number of nitrogen functional groups attached to an aromatic ring is 1. The zero-order valence-corrected chi connectivity index (χ0v) is 7.31. The fraction of sp³-hybridized carbons (Fsp3) is 0.143. The molecular weight excluding hydrogens is 190 g/mol. The van der Waals surface area contributed by atoms with E-state index in [1.165, 1.54) is 13.0 Å². The predicted molar refractivity (Wildman–Crippen MR) is 49.3 cm³/mol. The summed E-state index contributed by atoms with van der Waals surface area (Å²) in [6.07, 6.45) is 0. The van der Waals surface area contributed by atoms with Gasteiger partial charge in [0, 0.05) is 0 Å². The molecular formula is C7H9N3O4. The molecule has 0 saturated heterocycles. The second-order valence-corrected chi connectivity index (χ2v) is 2.70. The van der Waals surface area contributed by atoms with Crippen LogP contribution in [0.1, 0.15) is 5.56 Å². The van der Waals surface area contributed by atoms with E-state index in [-0.39, 0.29) is 16.9 Å². The first-order chi connectivity index (χ1) is 6.49. The molecule has 0 aliphatic rings. The van der Waals surface area contributed by atoms with Crippen molar-refractivity contribution in [2.24, 2.45) is 0 Å². The van der Waals surface area contributed by atoms with Crippen LogP contribution in [0.2, 0.25) is 0 Å². The Bertz CT molecular complexity index is 391. The van der Waals surface area contributed by atoms with Gasteiger partial charge in [-0.1, -0.05) is 0 Å². The Morgan fingerprint density at radius 3 is 2.64 bits per heavy atom. The number of nitrogens with zero attached hydrogens (tertiary/aromatic N) is 1. The van der Waals surface area contributed by atoms with Crippen LogP contribution in [-0.2, 0) is 0 Å². The number of phenols is 1. The van der Waals surface area contributed by atoms with Gasteiger partial charge in [-0.3, -0.25) is 20.8 Å². The molecule has 0 bridgehead atoms. The van der Waals surface area contributed by atoms with Crippen molar-refractivity contribution < 1.29 is 15.2 Å². The van der Waals surface area contributed by atoms with E-state index in [4.69, 9.17) is 10.9 Å². The van der Waals surface area contributed by atoms with Gasteiger partial charge in [-0.25, -0.2) is 0 Å². The molecule has 7 nitrogen and oxygen atoms in total. The quantitative estimate of drug-likeness (QED) is 0.185. The monoisotopic (exact) mass is 199 g/mol. The number of hydrogen-bond acceptors (Lipinski definition) is 6. The lowest BCUT2D eigenvalue weighted by molar-refractivity contribution is -0.386. The highest BCUT2D eigenvalue weighted by molar-refractivity contribution is 5.75. The molecule has 0 amide bonds. The molecule has 0 spiro atoms. The minimum atomic E-state index is -0.762. The third kappa shape index (κ3) is 1.40. The largest absolute Gasteiger partial charge is 0.501 e. The minimum Gasteiger partial charge on any atom is -0.501 e. The molecule has 14 heavy (non-hydrogen) atoms. The summed E-state index contributed by atoms with van der Waals surface area (Å²) in [7, 11) is 0. The van der Waals surface area contributed by atoms with E-state index in [0.717, 1.165) is 0 Å². The van der Waals surface area contributed by atoms with E-state index < -0.39 is 16.4 Å².